The molecule has 1 aromatic carbocycles. The number of piperidine rings is 1. The molecule has 0 bridgehead atoms. The summed E-state index contributed by atoms with van der Waals surface area (Å²) in [6, 6.07) is 8.27. The largest absolute Gasteiger partial charge is 0.369 e. The number of fused-ring (bicyclic) bond motifs is 1. The first-order valence-corrected chi connectivity index (χ1v) is 11.7. The lowest BCUT2D eigenvalue weighted by Crippen LogP contribution is -2.39. The fourth-order valence-corrected chi connectivity index (χ4v) is 5.62. The van der Waals surface area contributed by atoms with Crippen molar-refractivity contribution >= 4 is 62.9 Å². The van der Waals surface area contributed by atoms with Gasteiger partial charge in [-0.25, -0.2) is 4.98 Å². The zero-order chi connectivity index (χ0) is 22.3. The number of amides is 2. The topological polar surface area (TPSA) is 79.5 Å². The van der Waals surface area contributed by atoms with Crippen LogP contribution in [0.15, 0.2) is 29.2 Å². The van der Waals surface area contributed by atoms with Crippen LogP contribution in [0.25, 0.3) is 17.0 Å². The van der Waals surface area contributed by atoms with E-state index in [0.29, 0.717) is 35.2 Å². The lowest BCUT2D eigenvalue weighted by atomic mass is 9.96. The zero-order valence-corrected chi connectivity index (χ0v) is 19.6. The quantitative estimate of drug-likeness (QED) is 0.558. The van der Waals surface area contributed by atoms with Crippen molar-refractivity contribution in [3.05, 3.63) is 40.3 Å². The van der Waals surface area contributed by atoms with E-state index in [1.165, 1.54) is 11.8 Å². The molecule has 0 spiro atoms. The van der Waals surface area contributed by atoms with Gasteiger partial charge in [-0.3, -0.25) is 14.5 Å². The van der Waals surface area contributed by atoms with Crippen LogP contribution in [0.2, 0.25) is 0 Å². The third-order valence-electron chi connectivity index (χ3n) is 5.80. The highest BCUT2D eigenvalue weighted by atomic mass is 32.2. The van der Waals surface area contributed by atoms with Crippen molar-refractivity contribution < 1.29 is 9.59 Å². The van der Waals surface area contributed by atoms with Crippen LogP contribution in [0.5, 0.6) is 0 Å². The lowest BCUT2D eigenvalue weighted by molar-refractivity contribution is -0.123. The summed E-state index contributed by atoms with van der Waals surface area (Å²) < 4.78 is 0.583. The van der Waals surface area contributed by atoms with E-state index in [1.54, 1.807) is 4.90 Å². The average molecular weight is 455 g/mol. The Hall–Kier alpha value is -2.45. The van der Waals surface area contributed by atoms with Gasteiger partial charge in [-0.2, -0.15) is 0 Å². The summed E-state index contributed by atoms with van der Waals surface area (Å²) in [5.41, 5.74) is 8.45. The van der Waals surface area contributed by atoms with E-state index in [4.69, 9.17) is 22.9 Å². The number of thioether (sulfide) groups is 1. The molecule has 2 amide bonds. The Labute approximate surface area is 191 Å². The molecule has 31 heavy (non-hydrogen) atoms. The monoisotopic (exact) mass is 454 g/mol. The van der Waals surface area contributed by atoms with Gasteiger partial charge in [0, 0.05) is 36.0 Å². The Kier molecular flexibility index (Phi) is 6.03. The van der Waals surface area contributed by atoms with E-state index in [1.807, 2.05) is 32.1 Å². The Morgan fingerprint density at radius 3 is 2.61 bits per heavy atom. The van der Waals surface area contributed by atoms with Crippen LogP contribution in [-0.2, 0) is 9.59 Å². The maximum Gasteiger partial charge on any atom is 0.266 e. The number of carbonyl (C=O) groups is 2. The molecule has 1 aromatic heterocycles. The Bertz CT molecular complexity index is 1100. The predicted molar refractivity (Wildman–Crippen MR) is 131 cm³/mol. The minimum atomic E-state index is -0.237. The molecule has 3 heterocycles. The number of pyridine rings is 1. The van der Waals surface area contributed by atoms with Crippen molar-refractivity contribution in [1.82, 2.24) is 9.88 Å². The number of aromatic nitrogens is 1. The minimum absolute atomic E-state index is 0.0167. The number of benzene rings is 1. The number of hydrogen-bond donors (Lipinski definition) is 1. The summed E-state index contributed by atoms with van der Waals surface area (Å²) >= 11 is 6.77. The lowest BCUT2D eigenvalue weighted by Gasteiger charge is -2.32. The van der Waals surface area contributed by atoms with Crippen molar-refractivity contribution in [2.24, 2.45) is 11.7 Å². The van der Waals surface area contributed by atoms with E-state index in [9.17, 15) is 9.59 Å². The standard InChI is InChI=1S/C23H26N4O2S2/c1-13(2)27-22(29)19(31-23(27)30)12-17-11-16-10-14(3)4-5-18(16)25-21(17)26-8-6-15(7-9-26)20(24)28/h4-5,10-13,15H,6-9H2,1-3H3,(H2,24,28)/b19-12-. The van der Waals surface area contributed by atoms with Crippen molar-refractivity contribution in [3.8, 4) is 0 Å². The summed E-state index contributed by atoms with van der Waals surface area (Å²) in [5.74, 6) is 0.436. The van der Waals surface area contributed by atoms with Crippen molar-refractivity contribution in [1.29, 1.82) is 0 Å². The second-order valence-electron chi connectivity index (χ2n) is 8.41. The normalized spacial score (nSPS) is 19.3. The van der Waals surface area contributed by atoms with Gasteiger partial charge in [0.15, 0.2) is 0 Å². The van der Waals surface area contributed by atoms with Gasteiger partial charge in [-0.15, -0.1) is 0 Å². The molecule has 0 radical (unpaired) electrons. The smallest absolute Gasteiger partial charge is 0.266 e. The van der Waals surface area contributed by atoms with E-state index in [-0.39, 0.29) is 23.8 Å². The van der Waals surface area contributed by atoms with Crippen LogP contribution in [0.3, 0.4) is 0 Å². The van der Waals surface area contributed by atoms with Gasteiger partial charge < -0.3 is 10.6 Å². The average Bonchev–Trinajstić information content (AvgIpc) is 3.00. The molecule has 0 aliphatic carbocycles. The van der Waals surface area contributed by atoms with Crippen LogP contribution in [0.4, 0.5) is 5.82 Å². The van der Waals surface area contributed by atoms with Crippen LogP contribution < -0.4 is 10.6 Å². The number of hydrogen-bond acceptors (Lipinski definition) is 6. The van der Waals surface area contributed by atoms with Gasteiger partial charge in [-0.05, 0) is 57.9 Å². The summed E-state index contributed by atoms with van der Waals surface area (Å²) in [4.78, 5) is 33.9. The molecule has 2 aliphatic heterocycles. The van der Waals surface area contributed by atoms with Crippen molar-refractivity contribution in [2.75, 3.05) is 18.0 Å². The van der Waals surface area contributed by atoms with Crippen molar-refractivity contribution in [3.63, 3.8) is 0 Å². The van der Waals surface area contributed by atoms with Gasteiger partial charge in [0.05, 0.1) is 10.4 Å². The maximum atomic E-state index is 12.9. The van der Waals surface area contributed by atoms with Gasteiger partial charge >= 0.3 is 0 Å². The third kappa shape index (κ3) is 4.32. The fourth-order valence-electron chi connectivity index (χ4n) is 4.10. The number of primary amides is 1. The van der Waals surface area contributed by atoms with E-state index in [2.05, 4.69) is 24.0 Å². The summed E-state index contributed by atoms with van der Waals surface area (Å²) in [6.45, 7) is 7.37. The number of aryl methyl sites for hydroxylation is 1. The SMILES string of the molecule is Cc1ccc2nc(N3CCC(C(N)=O)CC3)c(/C=C3\SC(=S)N(C(C)C)C3=O)cc2c1. The summed E-state index contributed by atoms with van der Waals surface area (Å²) in [7, 11) is 0. The predicted octanol–water partition coefficient (Wildman–Crippen LogP) is 3.85. The number of thiocarbonyl (C=S) groups is 1. The first kappa shape index (κ1) is 21.8. The van der Waals surface area contributed by atoms with E-state index in [0.717, 1.165) is 27.8 Å². The van der Waals surface area contributed by atoms with Gasteiger partial charge in [0.1, 0.15) is 10.1 Å². The number of anilines is 1. The highest BCUT2D eigenvalue weighted by Gasteiger charge is 2.34. The van der Waals surface area contributed by atoms with Crippen LogP contribution in [0.1, 0.15) is 37.8 Å². The first-order chi connectivity index (χ1) is 14.7. The molecule has 2 aliphatic rings. The molecule has 4 rings (SSSR count). The van der Waals surface area contributed by atoms with Crippen LogP contribution >= 0.6 is 24.0 Å². The Morgan fingerprint density at radius 2 is 2.00 bits per heavy atom. The zero-order valence-electron chi connectivity index (χ0n) is 17.9. The molecule has 162 valence electrons. The van der Waals surface area contributed by atoms with Crippen LogP contribution in [0, 0.1) is 12.8 Å². The molecular formula is C23H26N4O2S2. The molecule has 0 saturated carbocycles. The molecule has 6 nitrogen and oxygen atoms in total. The fraction of sp³-hybridized carbons (Fsp3) is 0.391. The number of nitrogens with zero attached hydrogens (tertiary/aromatic N) is 3. The third-order valence-corrected chi connectivity index (χ3v) is 7.13. The van der Waals surface area contributed by atoms with Gasteiger partial charge in [-0.1, -0.05) is 35.6 Å². The highest BCUT2D eigenvalue weighted by Crippen LogP contribution is 2.36. The van der Waals surface area contributed by atoms with E-state index >= 15 is 0 Å². The van der Waals surface area contributed by atoms with Gasteiger partial charge in [0.25, 0.3) is 5.91 Å². The molecule has 0 unspecified atom stereocenters. The molecule has 2 aromatic rings. The molecule has 2 fully saturated rings. The second-order valence-corrected chi connectivity index (χ2v) is 10.1. The van der Waals surface area contributed by atoms with Crippen LogP contribution in [-0.4, -0.2) is 45.2 Å². The van der Waals surface area contributed by atoms with Crippen molar-refractivity contribution in [2.45, 2.75) is 39.7 Å². The van der Waals surface area contributed by atoms with Gasteiger partial charge in [0.2, 0.25) is 5.91 Å². The number of carbonyl (C=O) groups excluding carboxylic acids is 2. The first-order valence-electron chi connectivity index (χ1n) is 10.5. The Morgan fingerprint density at radius 1 is 1.29 bits per heavy atom. The highest BCUT2D eigenvalue weighted by molar-refractivity contribution is 8.26. The molecule has 0 atom stereocenters. The molecule has 8 heteroatoms. The molecule has 2 saturated heterocycles. The minimum Gasteiger partial charge on any atom is -0.369 e. The number of rotatable bonds is 4. The second kappa shape index (κ2) is 8.59. The Balaban J connectivity index is 1.76. The summed E-state index contributed by atoms with van der Waals surface area (Å²) in [6.07, 6.45) is 3.32. The van der Waals surface area contributed by atoms with E-state index < -0.39 is 0 Å². The maximum absolute atomic E-state index is 12.9. The molecule has 2 N–H and O–H groups in total. The molecular weight excluding hydrogens is 428 g/mol. The number of nitrogens with two attached hydrogens (primary N) is 1. The summed E-state index contributed by atoms with van der Waals surface area (Å²) in [5, 5.41) is 1.03.